The smallest absolute Gasteiger partial charge is 0.339 e. The van der Waals surface area contributed by atoms with Gasteiger partial charge in [-0.15, -0.1) is 0 Å². The van der Waals surface area contributed by atoms with Crippen LogP contribution < -0.4 is 39.1 Å². The van der Waals surface area contributed by atoms with Crippen LogP contribution >= 0.6 is 0 Å². The van der Waals surface area contributed by atoms with Crippen molar-refractivity contribution in [1.29, 1.82) is 0 Å². The Bertz CT molecular complexity index is 1910. The van der Waals surface area contributed by atoms with Crippen LogP contribution in [-0.4, -0.2) is 56.2 Å². The van der Waals surface area contributed by atoms with Crippen LogP contribution in [0.2, 0.25) is 0 Å². The quantitative estimate of drug-likeness (QED) is 0.112. The first-order chi connectivity index (χ1) is 24.9. The highest BCUT2D eigenvalue weighted by Gasteiger charge is 2.24. The van der Waals surface area contributed by atoms with Crippen LogP contribution in [0.25, 0.3) is 0 Å². The second kappa shape index (κ2) is 17.2. The fraction of sp³-hybridized carbons (Fsp3) is 0.278. The van der Waals surface area contributed by atoms with Crippen molar-refractivity contribution in [3.8, 4) is 23.0 Å². The van der Waals surface area contributed by atoms with Crippen LogP contribution in [-0.2, 0) is 20.2 Å². The summed E-state index contributed by atoms with van der Waals surface area (Å²) in [6.07, 6.45) is 3.56. The van der Waals surface area contributed by atoms with Crippen LogP contribution in [0.3, 0.4) is 0 Å². The number of hydrogen-bond donors (Lipinski definition) is 4. The third kappa shape index (κ3) is 10.8. The Morgan fingerprint density at radius 2 is 1.00 bits per heavy atom. The first kappa shape index (κ1) is 37.8. The van der Waals surface area contributed by atoms with E-state index in [9.17, 15) is 26.4 Å². The molecule has 4 N–H and O–H groups in total. The lowest BCUT2D eigenvalue weighted by Gasteiger charge is -2.29. The zero-order valence-electron chi connectivity index (χ0n) is 28.5. The van der Waals surface area contributed by atoms with Crippen molar-refractivity contribution in [2.24, 2.45) is 11.8 Å². The van der Waals surface area contributed by atoms with E-state index < -0.39 is 32.3 Å². The highest BCUT2D eigenvalue weighted by Crippen LogP contribution is 2.29. The monoisotopic (exact) mass is 752 g/mol. The summed E-state index contributed by atoms with van der Waals surface area (Å²) in [6.45, 7) is 0.839. The van der Waals surface area contributed by atoms with Gasteiger partial charge in [-0.3, -0.25) is 0 Å². The summed E-state index contributed by atoms with van der Waals surface area (Å²) >= 11 is 0. The van der Waals surface area contributed by atoms with Gasteiger partial charge in [-0.2, -0.15) is 16.8 Å². The third-order valence-corrected chi connectivity index (χ3v) is 10.8. The number of benzene rings is 4. The van der Waals surface area contributed by atoms with Gasteiger partial charge in [0, 0.05) is 36.6 Å². The van der Waals surface area contributed by atoms with Crippen molar-refractivity contribution in [2.75, 3.05) is 37.9 Å². The minimum absolute atomic E-state index is 0.0389. The standard InChI is InChI=1S/C36H40N4O10S2/c1-47-29-12-16-33(17-13-29)51(43,44)49-31-10-4-8-27(21-31)39-35(41)37-23-25-6-3-7-26(20-25)24-38-36(42)40-28-9-5-11-32(22-28)50-52(45,46)34-18-14-30(48-2)15-19-34/h4-5,8-19,21-22,25-26H,3,6-7,20,23-24H2,1-2H3,(H2,37,39,41)(H2,38,40,42). The largest absolute Gasteiger partial charge is 0.497 e. The number of nitrogens with one attached hydrogen (secondary N) is 4. The Labute approximate surface area is 303 Å². The van der Waals surface area contributed by atoms with Crippen LogP contribution in [0.4, 0.5) is 21.0 Å². The number of amides is 4. The van der Waals surface area contributed by atoms with E-state index in [2.05, 4.69) is 21.3 Å². The summed E-state index contributed by atoms with van der Waals surface area (Å²) in [5.41, 5.74) is 0.709. The summed E-state index contributed by atoms with van der Waals surface area (Å²) in [6, 6.07) is 22.9. The van der Waals surface area contributed by atoms with E-state index >= 15 is 0 Å². The average molecular weight is 753 g/mol. The van der Waals surface area contributed by atoms with Crippen LogP contribution in [0.5, 0.6) is 23.0 Å². The minimum Gasteiger partial charge on any atom is -0.497 e. The predicted octanol–water partition coefficient (Wildman–Crippen LogP) is 5.99. The molecule has 52 heavy (non-hydrogen) atoms. The van der Waals surface area contributed by atoms with Crippen molar-refractivity contribution in [3.05, 3.63) is 97.1 Å². The second-order valence-corrected chi connectivity index (χ2v) is 15.1. The van der Waals surface area contributed by atoms with Crippen molar-refractivity contribution in [1.82, 2.24) is 10.6 Å². The Morgan fingerprint density at radius 3 is 1.38 bits per heavy atom. The molecular formula is C36H40N4O10S2. The molecule has 0 aliphatic heterocycles. The van der Waals surface area contributed by atoms with Gasteiger partial charge in [0.1, 0.15) is 32.8 Å². The second-order valence-electron chi connectivity index (χ2n) is 12.1. The van der Waals surface area contributed by atoms with Gasteiger partial charge in [-0.25, -0.2) is 9.59 Å². The van der Waals surface area contributed by atoms with Gasteiger partial charge >= 0.3 is 32.3 Å². The van der Waals surface area contributed by atoms with Gasteiger partial charge in [0.15, 0.2) is 0 Å². The molecule has 0 spiro atoms. The van der Waals surface area contributed by atoms with E-state index in [1.54, 1.807) is 24.3 Å². The number of carbonyl (C=O) groups is 2. The number of hydrogen-bond acceptors (Lipinski definition) is 10. The summed E-state index contributed by atoms with van der Waals surface area (Å²) in [4.78, 5) is 25.3. The van der Waals surface area contributed by atoms with Crippen molar-refractivity contribution in [3.63, 3.8) is 0 Å². The molecule has 4 aromatic carbocycles. The molecule has 276 valence electrons. The molecule has 5 rings (SSSR count). The molecule has 0 aromatic heterocycles. The SMILES string of the molecule is COc1ccc(S(=O)(=O)Oc2cccc(NC(=O)NCC3CCCC(CNC(=O)Nc4cccc(OS(=O)(=O)c5ccc(OC)cc5)c4)C3)c2)cc1. The topological polar surface area (TPSA) is 187 Å². The molecule has 4 amide bonds. The number of ether oxygens (including phenoxy) is 2. The first-order valence-corrected chi connectivity index (χ1v) is 19.2. The Kier molecular flexibility index (Phi) is 12.5. The number of urea groups is 2. The van der Waals surface area contributed by atoms with Gasteiger partial charge in [0.25, 0.3) is 0 Å². The van der Waals surface area contributed by atoms with Gasteiger partial charge in [-0.1, -0.05) is 18.6 Å². The van der Waals surface area contributed by atoms with E-state index in [4.69, 9.17) is 17.8 Å². The molecule has 1 aliphatic carbocycles. The molecule has 2 unspecified atom stereocenters. The highest BCUT2D eigenvalue weighted by molar-refractivity contribution is 7.87. The minimum atomic E-state index is -4.10. The molecule has 14 nitrogen and oxygen atoms in total. The number of anilines is 2. The van der Waals surface area contributed by atoms with E-state index in [1.165, 1.54) is 87.0 Å². The Balaban J connectivity index is 1.04. The maximum Gasteiger partial charge on any atom is 0.339 e. The zero-order chi connectivity index (χ0) is 37.1. The van der Waals surface area contributed by atoms with Gasteiger partial charge < -0.3 is 39.1 Å². The maximum atomic E-state index is 12.7. The molecule has 4 aromatic rings. The molecule has 1 fully saturated rings. The molecule has 0 saturated heterocycles. The van der Waals surface area contributed by atoms with Crippen molar-refractivity contribution in [2.45, 2.75) is 35.5 Å². The molecule has 2 atom stereocenters. The third-order valence-electron chi connectivity index (χ3n) is 8.29. The van der Waals surface area contributed by atoms with E-state index in [0.717, 1.165) is 25.7 Å². The van der Waals surface area contributed by atoms with E-state index in [-0.39, 0.29) is 33.1 Å². The maximum absolute atomic E-state index is 12.7. The summed E-state index contributed by atoms with van der Waals surface area (Å²) in [5.74, 6) is 1.49. The average Bonchev–Trinajstić information content (AvgIpc) is 3.13. The molecule has 0 heterocycles. The zero-order valence-corrected chi connectivity index (χ0v) is 30.2. The first-order valence-electron chi connectivity index (χ1n) is 16.4. The van der Waals surface area contributed by atoms with Crippen LogP contribution in [0.15, 0.2) is 107 Å². The molecule has 0 radical (unpaired) electrons. The van der Waals surface area contributed by atoms with E-state index in [0.29, 0.717) is 36.0 Å². The van der Waals surface area contributed by atoms with Crippen molar-refractivity contribution < 1.29 is 44.3 Å². The fourth-order valence-electron chi connectivity index (χ4n) is 5.68. The summed E-state index contributed by atoms with van der Waals surface area (Å²) in [7, 11) is -5.24. The van der Waals surface area contributed by atoms with E-state index in [1.807, 2.05) is 0 Å². The molecule has 0 bridgehead atoms. The van der Waals surface area contributed by atoms with Crippen molar-refractivity contribution >= 4 is 43.7 Å². The number of carbonyl (C=O) groups excluding carboxylic acids is 2. The summed E-state index contributed by atoms with van der Waals surface area (Å²) < 4.78 is 71.4. The lowest BCUT2D eigenvalue weighted by molar-refractivity contribution is 0.230. The Morgan fingerprint density at radius 1 is 0.596 bits per heavy atom. The number of methoxy groups -OCH3 is 2. The number of rotatable bonds is 14. The van der Waals surface area contributed by atoms with Gasteiger partial charge in [0.2, 0.25) is 0 Å². The lowest BCUT2D eigenvalue weighted by atomic mass is 9.81. The van der Waals surface area contributed by atoms with Crippen LogP contribution in [0, 0.1) is 11.8 Å². The molecule has 1 aliphatic rings. The fourth-order valence-corrected chi connectivity index (χ4v) is 7.53. The molecule has 16 heteroatoms. The molecule has 1 saturated carbocycles. The molecular weight excluding hydrogens is 713 g/mol. The highest BCUT2D eigenvalue weighted by atomic mass is 32.2. The Hall–Kier alpha value is -5.48. The lowest BCUT2D eigenvalue weighted by Crippen LogP contribution is -2.38. The van der Waals surface area contributed by atoms with Gasteiger partial charge in [0.05, 0.1) is 14.2 Å². The van der Waals surface area contributed by atoms with Crippen LogP contribution in [0.1, 0.15) is 25.7 Å². The summed E-state index contributed by atoms with van der Waals surface area (Å²) in [5, 5.41) is 11.2. The van der Waals surface area contributed by atoms with Gasteiger partial charge in [-0.05, 0) is 104 Å². The predicted molar refractivity (Wildman–Crippen MR) is 194 cm³/mol. The normalized spacial score (nSPS) is 15.8.